The molecule has 6 nitrogen and oxygen atoms in total. The second-order valence-electron chi connectivity index (χ2n) is 3.92. The molecule has 0 radical (unpaired) electrons. The van der Waals surface area contributed by atoms with Crippen molar-refractivity contribution < 1.29 is 9.59 Å². The van der Waals surface area contributed by atoms with Gasteiger partial charge in [-0.15, -0.1) is 0 Å². The van der Waals surface area contributed by atoms with Crippen molar-refractivity contribution in [3.05, 3.63) is 18.5 Å². The summed E-state index contributed by atoms with van der Waals surface area (Å²) in [7, 11) is 0. The fraction of sp³-hybridized carbons (Fsp3) is 0.500. The lowest BCUT2D eigenvalue weighted by molar-refractivity contribution is -0.131. The molecule has 0 saturated heterocycles. The largest absolute Gasteiger partial charge is 0.368 e. The van der Waals surface area contributed by atoms with Gasteiger partial charge in [-0.25, -0.2) is 0 Å². The summed E-state index contributed by atoms with van der Waals surface area (Å²) in [5, 5.41) is 6.59. The van der Waals surface area contributed by atoms with Gasteiger partial charge in [0.15, 0.2) is 0 Å². The monoisotopic (exact) mass is 256 g/mol. The molecule has 0 spiro atoms. The van der Waals surface area contributed by atoms with Gasteiger partial charge in [0, 0.05) is 18.8 Å². The Morgan fingerprint density at radius 3 is 2.76 bits per heavy atom. The van der Waals surface area contributed by atoms with Crippen LogP contribution in [0.15, 0.2) is 18.5 Å². The number of amides is 2. The maximum absolute atomic E-state index is 11.5. The van der Waals surface area contributed by atoms with E-state index >= 15 is 0 Å². The molecule has 1 aromatic heterocycles. The van der Waals surface area contributed by atoms with Gasteiger partial charge in [0.05, 0.1) is 6.54 Å². The molecule has 0 saturated carbocycles. The highest BCUT2D eigenvalue weighted by Crippen LogP contribution is 2.07. The fourth-order valence-electron chi connectivity index (χ4n) is 1.37. The van der Waals surface area contributed by atoms with Crippen LogP contribution in [0.1, 0.15) is 13.3 Å². The zero-order valence-electron chi connectivity index (χ0n) is 9.59. The van der Waals surface area contributed by atoms with Crippen molar-refractivity contribution in [1.29, 1.82) is 0 Å². The molecule has 0 aliphatic rings. The standard InChI is InChI=1S/C10H16N4O2S/c1-10(9(11)16,13-8(15)3-6-17)7-14-5-2-4-12-14/h2,4-5,17H,3,6-7H2,1H3,(H2,11,16)(H,13,15). The predicted octanol–water partition coefficient (Wildman–Crippen LogP) is -0.437. The number of nitrogens with one attached hydrogen (secondary N) is 1. The Hall–Kier alpha value is -1.50. The molecule has 1 heterocycles. The van der Waals surface area contributed by atoms with Gasteiger partial charge in [0.2, 0.25) is 11.8 Å². The molecular formula is C10H16N4O2S. The first kappa shape index (κ1) is 13.6. The van der Waals surface area contributed by atoms with E-state index in [-0.39, 0.29) is 18.9 Å². The molecule has 1 rings (SSSR count). The molecule has 1 aromatic rings. The number of aromatic nitrogens is 2. The highest BCUT2D eigenvalue weighted by Gasteiger charge is 2.33. The average molecular weight is 256 g/mol. The van der Waals surface area contributed by atoms with E-state index in [1.807, 2.05) is 0 Å². The number of hydrogen-bond acceptors (Lipinski definition) is 4. The van der Waals surface area contributed by atoms with E-state index in [1.165, 1.54) is 0 Å². The molecule has 3 N–H and O–H groups in total. The Morgan fingerprint density at radius 1 is 1.59 bits per heavy atom. The van der Waals surface area contributed by atoms with Crippen molar-refractivity contribution in [3.63, 3.8) is 0 Å². The third kappa shape index (κ3) is 3.77. The molecule has 94 valence electrons. The summed E-state index contributed by atoms with van der Waals surface area (Å²) in [4.78, 5) is 22.9. The first-order valence-corrected chi connectivity index (χ1v) is 5.80. The minimum absolute atomic E-state index is 0.202. The van der Waals surface area contributed by atoms with Gasteiger partial charge >= 0.3 is 0 Å². The number of primary amides is 1. The lowest BCUT2D eigenvalue weighted by atomic mass is 10.0. The van der Waals surface area contributed by atoms with Crippen LogP contribution in [-0.4, -0.2) is 32.9 Å². The van der Waals surface area contributed by atoms with Crippen molar-refractivity contribution in [2.24, 2.45) is 5.73 Å². The van der Waals surface area contributed by atoms with Gasteiger partial charge < -0.3 is 11.1 Å². The number of carbonyl (C=O) groups is 2. The summed E-state index contributed by atoms with van der Waals surface area (Å²) in [5.41, 5.74) is 4.17. The lowest BCUT2D eigenvalue weighted by Crippen LogP contribution is -2.58. The topological polar surface area (TPSA) is 90.0 Å². The van der Waals surface area contributed by atoms with Gasteiger partial charge in [0.1, 0.15) is 5.54 Å². The van der Waals surface area contributed by atoms with Crippen LogP contribution >= 0.6 is 12.6 Å². The van der Waals surface area contributed by atoms with Crippen molar-refractivity contribution >= 4 is 24.4 Å². The van der Waals surface area contributed by atoms with E-state index in [0.29, 0.717) is 5.75 Å². The van der Waals surface area contributed by atoms with E-state index in [4.69, 9.17) is 5.73 Å². The number of nitrogens with two attached hydrogens (primary N) is 1. The number of hydrogen-bond donors (Lipinski definition) is 3. The fourth-order valence-corrected chi connectivity index (χ4v) is 1.57. The first-order valence-electron chi connectivity index (χ1n) is 5.17. The van der Waals surface area contributed by atoms with Crippen LogP contribution in [0, 0.1) is 0 Å². The molecule has 2 amide bonds. The van der Waals surface area contributed by atoms with Gasteiger partial charge in [-0.2, -0.15) is 17.7 Å². The summed E-state index contributed by atoms with van der Waals surface area (Å²) in [6.45, 7) is 1.78. The zero-order chi connectivity index (χ0) is 12.9. The molecule has 0 bridgehead atoms. The van der Waals surface area contributed by atoms with Crippen LogP contribution in [0.2, 0.25) is 0 Å². The molecule has 0 fully saturated rings. The van der Waals surface area contributed by atoms with Gasteiger partial charge in [-0.1, -0.05) is 0 Å². The summed E-state index contributed by atoms with van der Waals surface area (Å²) >= 11 is 3.96. The molecule has 1 unspecified atom stereocenters. The molecule has 17 heavy (non-hydrogen) atoms. The Kier molecular flexibility index (Phi) is 4.56. The minimum Gasteiger partial charge on any atom is -0.368 e. The highest BCUT2D eigenvalue weighted by molar-refractivity contribution is 7.80. The Bertz CT molecular complexity index is 393. The second kappa shape index (κ2) is 5.72. The number of rotatable bonds is 6. The van der Waals surface area contributed by atoms with E-state index < -0.39 is 11.4 Å². The molecule has 0 aliphatic carbocycles. The summed E-state index contributed by atoms with van der Waals surface area (Å²) in [6, 6.07) is 1.73. The first-order chi connectivity index (χ1) is 7.98. The van der Waals surface area contributed by atoms with Crippen LogP contribution in [0.25, 0.3) is 0 Å². The number of carbonyl (C=O) groups excluding carboxylic acids is 2. The smallest absolute Gasteiger partial charge is 0.244 e. The highest BCUT2D eigenvalue weighted by atomic mass is 32.1. The van der Waals surface area contributed by atoms with Crippen LogP contribution in [-0.2, 0) is 16.1 Å². The van der Waals surface area contributed by atoms with E-state index in [9.17, 15) is 9.59 Å². The van der Waals surface area contributed by atoms with Crippen molar-refractivity contribution in [3.8, 4) is 0 Å². The molecule has 1 atom stereocenters. The van der Waals surface area contributed by atoms with Gasteiger partial charge in [0.25, 0.3) is 0 Å². The Morgan fingerprint density at radius 2 is 2.29 bits per heavy atom. The summed E-state index contributed by atoms with van der Waals surface area (Å²) in [5.74, 6) is -0.434. The van der Waals surface area contributed by atoms with Gasteiger partial charge in [-0.05, 0) is 18.7 Å². The van der Waals surface area contributed by atoms with Crippen molar-refractivity contribution in [2.45, 2.75) is 25.4 Å². The molecular weight excluding hydrogens is 240 g/mol. The van der Waals surface area contributed by atoms with E-state index in [2.05, 4.69) is 23.0 Å². The lowest BCUT2D eigenvalue weighted by Gasteiger charge is -2.27. The minimum atomic E-state index is -1.15. The summed E-state index contributed by atoms with van der Waals surface area (Å²) < 4.78 is 1.55. The Labute approximate surface area is 105 Å². The van der Waals surface area contributed by atoms with Crippen LogP contribution < -0.4 is 11.1 Å². The number of thiol groups is 1. The summed E-state index contributed by atoms with van der Waals surface area (Å²) in [6.07, 6.45) is 3.54. The SMILES string of the molecule is CC(Cn1cccn1)(NC(=O)CCS)C(N)=O. The predicted molar refractivity (Wildman–Crippen MR) is 66.4 cm³/mol. The quantitative estimate of drug-likeness (QED) is 0.603. The molecule has 0 aliphatic heterocycles. The van der Waals surface area contributed by atoms with Gasteiger partial charge in [-0.3, -0.25) is 14.3 Å². The third-order valence-electron chi connectivity index (χ3n) is 2.34. The normalized spacial score (nSPS) is 14.0. The van der Waals surface area contributed by atoms with Crippen LogP contribution in [0.4, 0.5) is 0 Å². The average Bonchev–Trinajstić information content (AvgIpc) is 2.69. The number of nitrogens with zero attached hydrogens (tertiary/aromatic N) is 2. The maximum Gasteiger partial charge on any atom is 0.244 e. The maximum atomic E-state index is 11.5. The van der Waals surface area contributed by atoms with E-state index in [0.717, 1.165) is 0 Å². The zero-order valence-corrected chi connectivity index (χ0v) is 10.5. The van der Waals surface area contributed by atoms with Crippen LogP contribution in [0.3, 0.4) is 0 Å². The van der Waals surface area contributed by atoms with Crippen molar-refractivity contribution in [1.82, 2.24) is 15.1 Å². The third-order valence-corrected chi connectivity index (χ3v) is 2.56. The molecule has 0 aromatic carbocycles. The Balaban J connectivity index is 2.75. The molecule has 7 heteroatoms. The van der Waals surface area contributed by atoms with Crippen molar-refractivity contribution in [2.75, 3.05) is 5.75 Å². The van der Waals surface area contributed by atoms with E-state index in [1.54, 1.807) is 30.1 Å². The second-order valence-corrected chi connectivity index (χ2v) is 4.37. The van der Waals surface area contributed by atoms with Crippen LogP contribution in [0.5, 0.6) is 0 Å².